The van der Waals surface area contributed by atoms with Crippen LogP contribution in [0.1, 0.15) is 19.3 Å². The average molecular weight is 273 g/mol. The summed E-state index contributed by atoms with van der Waals surface area (Å²) in [6.07, 6.45) is 1.40. The van der Waals surface area contributed by atoms with Gasteiger partial charge in [0.15, 0.2) is 0 Å². The smallest absolute Gasteiger partial charge is 0.303 e. The Labute approximate surface area is 109 Å². The predicted molar refractivity (Wildman–Crippen MR) is 68.1 cm³/mol. The molecule has 0 spiro atoms. The molecule has 2 N–H and O–H groups in total. The third-order valence-corrected chi connectivity index (χ3v) is 2.61. The molecule has 1 rings (SSSR count). The van der Waals surface area contributed by atoms with Gasteiger partial charge in [0.25, 0.3) is 5.69 Å². The van der Waals surface area contributed by atoms with E-state index in [-0.39, 0.29) is 17.1 Å². The standard InChI is InChI=1S/C11H13ClN2O4/c12-9-7-8(14(17)18)4-5-10(9)13-6-2-1-3-11(15)16/h4-5,7,13H,1-3,6H2,(H,15,16). The van der Waals surface area contributed by atoms with Gasteiger partial charge >= 0.3 is 5.97 Å². The number of nitrogens with one attached hydrogen (secondary N) is 1. The van der Waals surface area contributed by atoms with Crippen molar-refractivity contribution >= 4 is 28.9 Å². The van der Waals surface area contributed by atoms with Crippen LogP contribution in [0.2, 0.25) is 5.02 Å². The molecule has 1 aromatic rings. The van der Waals surface area contributed by atoms with Gasteiger partial charge in [0, 0.05) is 25.1 Å². The highest BCUT2D eigenvalue weighted by atomic mass is 35.5. The number of hydrogen-bond acceptors (Lipinski definition) is 4. The van der Waals surface area contributed by atoms with Crippen molar-refractivity contribution in [3.63, 3.8) is 0 Å². The second-order valence-corrected chi connectivity index (χ2v) is 4.11. The number of halogens is 1. The van der Waals surface area contributed by atoms with Crippen molar-refractivity contribution < 1.29 is 14.8 Å². The quantitative estimate of drug-likeness (QED) is 0.452. The van der Waals surface area contributed by atoms with E-state index in [1.807, 2.05) is 0 Å². The van der Waals surface area contributed by atoms with Gasteiger partial charge in [-0.05, 0) is 18.9 Å². The zero-order valence-electron chi connectivity index (χ0n) is 9.56. The summed E-state index contributed by atoms with van der Waals surface area (Å²) in [5.41, 5.74) is 0.550. The van der Waals surface area contributed by atoms with Gasteiger partial charge in [0.05, 0.1) is 15.6 Å². The SMILES string of the molecule is O=C(O)CCCCNc1ccc([N+](=O)[O-])cc1Cl. The van der Waals surface area contributed by atoms with Crippen LogP contribution in [0, 0.1) is 10.1 Å². The fourth-order valence-corrected chi connectivity index (χ4v) is 1.63. The minimum atomic E-state index is -0.816. The van der Waals surface area contributed by atoms with Crippen LogP contribution in [0.5, 0.6) is 0 Å². The molecule has 18 heavy (non-hydrogen) atoms. The summed E-state index contributed by atoms with van der Waals surface area (Å²) in [4.78, 5) is 20.3. The van der Waals surface area contributed by atoms with Crippen molar-refractivity contribution in [2.24, 2.45) is 0 Å². The molecule has 0 unspecified atom stereocenters. The number of unbranched alkanes of at least 4 members (excludes halogenated alkanes) is 1. The van der Waals surface area contributed by atoms with Gasteiger partial charge < -0.3 is 10.4 Å². The lowest BCUT2D eigenvalue weighted by Crippen LogP contribution is -2.03. The lowest BCUT2D eigenvalue weighted by Gasteiger charge is -2.07. The van der Waals surface area contributed by atoms with Crippen LogP contribution >= 0.6 is 11.6 Å². The molecule has 1 aromatic carbocycles. The maximum Gasteiger partial charge on any atom is 0.303 e. The Morgan fingerprint density at radius 3 is 2.72 bits per heavy atom. The molecule has 0 radical (unpaired) electrons. The molecule has 0 aliphatic carbocycles. The number of aliphatic carboxylic acids is 1. The summed E-state index contributed by atoms with van der Waals surface area (Å²) < 4.78 is 0. The molecule has 0 heterocycles. The first kappa shape index (κ1) is 14.2. The Balaban J connectivity index is 2.43. The normalized spacial score (nSPS) is 10.1. The van der Waals surface area contributed by atoms with Gasteiger partial charge in [0.1, 0.15) is 0 Å². The number of non-ortho nitro benzene ring substituents is 1. The molecule has 0 aliphatic rings. The predicted octanol–water partition coefficient (Wildman–Crippen LogP) is 2.92. The Kier molecular flexibility index (Phi) is 5.38. The Hall–Kier alpha value is -1.82. The fraction of sp³-hybridized carbons (Fsp3) is 0.364. The van der Waals surface area contributed by atoms with E-state index in [1.165, 1.54) is 18.2 Å². The largest absolute Gasteiger partial charge is 0.481 e. The zero-order chi connectivity index (χ0) is 13.5. The summed E-state index contributed by atoms with van der Waals surface area (Å²) in [7, 11) is 0. The average Bonchev–Trinajstić information content (AvgIpc) is 2.29. The molecule has 7 heteroatoms. The van der Waals surface area contributed by atoms with Gasteiger partial charge in [-0.1, -0.05) is 11.6 Å². The number of anilines is 1. The summed E-state index contributed by atoms with van der Waals surface area (Å²) in [6, 6.07) is 4.18. The van der Waals surface area contributed by atoms with Crippen molar-refractivity contribution in [1.82, 2.24) is 0 Å². The van der Waals surface area contributed by atoms with Gasteiger partial charge in [0.2, 0.25) is 0 Å². The molecule has 0 aliphatic heterocycles. The minimum Gasteiger partial charge on any atom is -0.481 e. The van der Waals surface area contributed by atoms with Crippen molar-refractivity contribution in [1.29, 1.82) is 0 Å². The van der Waals surface area contributed by atoms with E-state index in [0.29, 0.717) is 25.1 Å². The highest BCUT2D eigenvalue weighted by Gasteiger charge is 2.08. The summed E-state index contributed by atoms with van der Waals surface area (Å²) in [5, 5.41) is 22.2. The highest BCUT2D eigenvalue weighted by Crippen LogP contribution is 2.26. The lowest BCUT2D eigenvalue weighted by atomic mass is 10.2. The van der Waals surface area contributed by atoms with Gasteiger partial charge in [-0.15, -0.1) is 0 Å². The third-order valence-electron chi connectivity index (χ3n) is 2.30. The molecule has 98 valence electrons. The van der Waals surface area contributed by atoms with Crippen LogP contribution in [0.3, 0.4) is 0 Å². The van der Waals surface area contributed by atoms with E-state index in [1.54, 1.807) is 0 Å². The number of carboxylic acids is 1. The topological polar surface area (TPSA) is 92.5 Å². The molecule has 0 bridgehead atoms. The Morgan fingerprint density at radius 1 is 1.44 bits per heavy atom. The number of hydrogen-bond donors (Lipinski definition) is 2. The van der Waals surface area contributed by atoms with Gasteiger partial charge in [-0.25, -0.2) is 0 Å². The fourth-order valence-electron chi connectivity index (χ4n) is 1.39. The highest BCUT2D eigenvalue weighted by molar-refractivity contribution is 6.33. The van der Waals surface area contributed by atoms with E-state index >= 15 is 0 Å². The van der Waals surface area contributed by atoms with E-state index < -0.39 is 10.9 Å². The van der Waals surface area contributed by atoms with E-state index in [0.717, 1.165) is 0 Å². The second-order valence-electron chi connectivity index (χ2n) is 3.70. The number of benzene rings is 1. The van der Waals surface area contributed by atoms with Crippen LogP contribution in [-0.2, 0) is 4.79 Å². The molecule has 0 aromatic heterocycles. The monoisotopic (exact) mass is 272 g/mol. The second kappa shape index (κ2) is 6.80. The summed E-state index contributed by atoms with van der Waals surface area (Å²) in [6.45, 7) is 0.574. The number of carboxylic acid groups (broad SMARTS) is 1. The maximum absolute atomic E-state index is 10.5. The molecule has 6 nitrogen and oxygen atoms in total. The molecule has 0 amide bonds. The summed E-state index contributed by atoms with van der Waals surface area (Å²) >= 11 is 5.88. The number of nitro groups is 1. The third kappa shape index (κ3) is 4.58. The van der Waals surface area contributed by atoms with E-state index in [2.05, 4.69) is 5.32 Å². The van der Waals surface area contributed by atoms with Gasteiger partial charge in [-0.3, -0.25) is 14.9 Å². The molecular weight excluding hydrogens is 260 g/mol. The number of nitrogens with zero attached hydrogens (tertiary/aromatic N) is 1. The van der Waals surface area contributed by atoms with Crippen molar-refractivity contribution in [2.45, 2.75) is 19.3 Å². The first-order chi connectivity index (χ1) is 8.50. The maximum atomic E-state index is 10.5. The number of carbonyl (C=O) groups is 1. The molecule has 0 fully saturated rings. The molecule has 0 saturated carbocycles. The number of rotatable bonds is 7. The Bertz CT molecular complexity index is 451. The lowest BCUT2D eigenvalue weighted by molar-refractivity contribution is -0.384. The Morgan fingerprint density at radius 2 is 2.17 bits per heavy atom. The van der Waals surface area contributed by atoms with Crippen molar-refractivity contribution in [3.8, 4) is 0 Å². The zero-order valence-corrected chi connectivity index (χ0v) is 10.3. The molecular formula is C11H13ClN2O4. The van der Waals surface area contributed by atoms with Crippen LogP contribution in [0.15, 0.2) is 18.2 Å². The van der Waals surface area contributed by atoms with E-state index in [4.69, 9.17) is 16.7 Å². The van der Waals surface area contributed by atoms with Crippen molar-refractivity contribution in [3.05, 3.63) is 33.3 Å². The molecule has 0 saturated heterocycles. The number of nitro benzene ring substituents is 1. The first-order valence-electron chi connectivity index (χ1n) is 5.40. The molecule has 0 atom stereocenters. The van der Waals surface area contributed by atoms with Crippen molar-refractivity contribution in [2.75, 3.05) is 11.9 Å². The van der Waals surface area contributed by atoms with Crippen LogP contribution < -0.4 is 5.32 Å². The van der Waals surface area contributed by atoms with E-state index in [9.17, 15) is 14.9 Å². The van der Waals surface area contributed by atoms with Crippen LogP contribution in [0.25, 0.3) is 0 Å². The van der Waals surface area contributed by atoms with Crippen LogP contribution in [0.4, 0.5) is 11.4 Å². The first-order valence-corrected chi connectivity index (χ1v) is 5.78. The van der Waals surface area contributed by atoms with Gasteiger partial charge in [-0.2, -0.15) is 0 Å². The van der Waals surface area contributed by atoms with Crippen LogP contribution in [-0.4, -0.2) is 22.5 Å². The summed E-state index contributed by atoms with van der Waals surface area (Å²) in [5.74, 6) is -0.816. The minimum absolute atomic E-state index is 0.0589.